The van der Waals surface area contributed by atoms with Crippen molar-refractivity contribution in [3.8, 4) is 0 Å². The van der Waals surface area contributed by atoms with Crippen molar-refractivity contribution in [3.05, 3.63) is 0 Å². The average Bonchev–Trinajstić information content (AvgIpc) is 2.05. The van der Waals surface area contributed by atoms with Gasteiger partial charge in [-0.05, 0) is 19.8 Å². The molecular weight excluding hydrogens is 180 g/mol. The first-order valence-corrected chi connectivity index (χ1v) is 4.40. The van der Waals surface area contributed by atoms with Gasteiger partial charge in [-0.25, -0.2) is 0 Å². The molecule has 0 fully saturated rings. The van der Waals surface area contributed by atoms with Gasteiger partial charge < -0.3 is 9.53 Å². The van der Waals surface area contributed by atoms with Crippen LogP contribution in [0.5, 0.6) is 0 Å². The molecule has 4 heteroatoms. The number of esters is 1. The van der Waals surface area contributed by atoms with Crippen LogP contribution in [0.15, 0.2) is 0 Å². The van der Waals surface area contributed by atoms with Gasteiger partial charge >= 0.3 is 5.97 Å². The van der Waals surface area contributed by atoms with Crippen molar-refractivity contribution in [3.63, 3.8) is 0 Å². The highest BCUT2D eigenvalue weighted by Gasteiger charge is 2.15. The Balaban J connectivity index is 3.49. The van der Waals surface area contributed by atoms with E-state index >= 15 is 0 Å². The highest BCUT2D eigenvalue weighted by Crippen LogP contribution is 2.08. The van der Waals surface area contributed by atoms with Crippen LogP contribution in [-0.2, 0) is 14.3 Å². The molecule has 0 radical (unpaired) electrons. The van der Waals surface area contributed by atoms with Gasteiger partial charge in [-0.2, -0.15) is 0 Å². The number of halogens is 1. The van der Waals surface area contributed by atoms with Gasteiger partial charge in [0.25, 0.3) is 0 Å². The van der Waals surface area contributed by atoms with Crippen LogP contribution in [-0.4, -0.2) is 24.2 Å². The van der Waals surface area contributed by atoms with E-state index in [1.54, 1.807) is 6.92 Å². The molecule has 0 rings (SSSR count). The zero-order valence-corrected chi connectivity index (χ0v) is 7.84. The fraction of sp³-hybridized carbons (Fsp3) is 0.750. The average molecular weight is 193 g/mol. The van der Waals surface area contributed by atoms with Crippen LogP contribution in [0.2, 0.25) is 0 Å². The fourth-order valence-corrected chi connectivity index (χ4v) is 0.948. The summed E-state index contributed by atoms with van der Waals surface area (Å²) in [6.45, 7) is 2.07. The minimum absolute atomic E-state index is 0.343. The second-order valence-corrected chi connectivity index (χ2v) is 2.84. The van der Waals surface area contributed by atoms with Gasteiger partial charge in [-0.1, -0.05) is 0 Å². The molecule has 0 bridgehead atoms. The zero-order chi connectivity index (χ0) is 9.40. The van der Waals surface area contributed by atoms with Crippen molar-refractivity contribution in [1.82, 2.24) is 0 Å². The molecule has 0 aromatic rings. The molecular formula is C8H13ClO3. The van der Waals surface area contributed by atoms with Gasteiger partial charge in [0.1, 0.15) is 11.7 Å². The lowest BCUT2D eigenvalue weighted by molar-refractivity contribution is -0.142. The number of carbonyl (C=O) groups is 2. The Bertz CT molecular complexity index is 147. The van der Waals surface area contributed by atoms with Gasteiger partial charge in [-0.15, -0.1) is 11.6 Å². The molecule has 0 saturated heterocycles. The summed E-state index contributed by atoms with van der Waals surface area (Å²) in [5.41, 5.74) is 0. The monoisotopic (exact) mass is 192 g/mol. The lowest BCUT2D eigenvalue weighted by Gasteiger charge is -2.06. The van der Waals surface area contributed by atoms with Crippen LogP contribution in [0.4, 0.5) is 0 Å². The number of aldehydes is 1. The standard InChI is InChI=1S/C8H13ClO3/c1-2-12-8(11)7(9)5-3-4-6-10/h6-7H,2-5H2,1H3. The molecule has 0 saturated carbocycles. The highest BCUT2D eigenvalue weighted by molar-refractivity contribution is 6.29. The van der Waals surface area contributed by atoms with Crippen LogP contribution < -0.4 is 0 Å². The summed E-state index contributed by atoms with van der Waals surface area (Å²) in [7, 11) is 0. The summed E-state index contributed by atoms with van der Waals surface area (Å²) < 4.78 is 4.68. The lowest BCUT2D eigenvalue weighted by Crippen LogP contribution is -2.17. The first-order valence-electron chi connectivity index (χ1n) is 3.96. The van der Waals surface area contributed by atoms with Gasteiger partial charge in [0.15, 0.2) is 0 Å². The van der Waals surface area contributed by atoms with Crippen molar-refractivity contribution < 1.29 is 14.3 Å². The van der Waals surface area contributed by atoms with Gasteiger partial charge in [0.05, 0.1) is 6.61 Å². The molecule has 0 aliphatic rings. The van der Waals surface area contributed by atoms with Crippen molar-refractivity contribution in [2.75, 3.05) is 6.61 Å². The number of alkyl halides is 1. The van der Waals surface area contributed by atoms with Gasteiger partial charge in [0, 0.05) is 6.42 Å². The lowest BCUT2D eigenvalue weighted by atomic mass is 10.2. The van der Waals surface area contributed by atoms with E-state index in [0.717, 1.165) is 6.29 Å². The van der Waals surface area contributed by atoms with Crippen molar-refractivity contribution in [2.45, 2.75) is 31.6 Å². The summed E-state index contributed by atoms with van der Waals surface area (Å²) in [4.78, 5) is 20.8. The maximum atomic E-state index is 10.9. The Kier molecular flexibility index (Phi) is 6.76. The summed E-state index contributed by atoms with van der Waals surface area (Å²) in [6.07, 6.45) is 2.40. The number of hydrogen-bond donors (Lipinski definition) is 0. The summed E-state index contributed by atoms with van der Waals surface area (Å²) in [5, 5.41) is -0.607. The Morgan fingerprint density at radius 1 is 1.67 bits per heavy atom. The van der Waals surface area contributed by atoms with Gasteiger partial charge in [0.2, 0.25) is 0 Å². The molecule has 0 N–H and O–H groups in total. The summed E-state index contributed by atoms with van der Waals surface area (Å²) >= 11 is 5.66. The number of ether oxygens (including phenoxy) is 1. The minimum atomic E-state index is -0.607. The molecule has 0 aliphatic heterocycles. The van der Waals surface area contributed by atoms with E-state index in [-0.39, 0.29) is 0 Å². The van der Waals surface area contributed by atoms with E-state index < -0.39 is 11.3 Å². The number of hydrogen-bond acceptors (Lipinski definition) is 3. The highest BCUT2D eigenvalue weighted by atomic mass is 35.5. The third-order valence-corrected chi connectivity index (χ3v) is 1.72. The van der Waals surface area contributed by atoms with E-state index in [0.29, 0.717) is 25.9 Å². The van der Waals surface area contributed by atoms with E-state index in [9.17, 15) is 9.59 Å². The normalized spacial score (nSPS) is 12.2. The van der Waals surface area contributed by atoms with Crippen molar-refractivity contribution in [1.29, 1.82) is 0 Å². The van der Waals surface area contributed by atoms with Crippen LogP contribution in [0.25, 0.3) is 0 Å². The molecule has 3 nitrogen and oxygen atoms in total. The Morgan fingerprint density at radius 2 is 2.33 bits per heavy atom. The van der Waals surface area contributed by atoms with Crippen LogP contribution in [0.3, 0.4) is 0 Å². The van der Waals surface area contributed by atoms with Crippen molar-refractivity contribution >= 4 is 23.9 Å². The number of carbonyl (C=O) groups excluding carboxylic acids is 2. The Hall–Kier alpha value is -0.570. The molecule has 0 aromatic carbocycles. The van der Waals surface area contributed by atoms with E-state index in [4.69, 9.17) is 11.6 Å². The molecule has 0 spiro atoms. The number of rotatable bonds is 6. The van der Waals surface area contributed by atoms with E-state index in [1.807, 2.05) is 0 Å². The minimum Gasteiger partial charge on any atom is -0.465 e. The first-order chi connectivity index (χ1) is 5.72. The third-order valence-electron chi connectivity index (χ3n) is 1.32. The van der Waals surface area contributed by atoms with Gasteiger partial charge in [-0.3, -0.25) is 4.79 Å². The molecule has 1 unspecified atom stereocenters. The smallest absolute Gasteiger partial charge is 0.324 e. The molecule has 0 amide bonds. The number of unbranched alkanes of at least 4 members (excludes halogenated alkanes) is 1. The summed E-state index contributed by atoms with van der Waals surface area (Å²) in [5.74, 6) is -0.398. The predicted octanol–water partition coefficient (Wildman–Crippen LogP) is 1.53. The topological polar surface area (TPSA) is 43.4 Å². The molecule has 0 heterocycles. The maximum Gasteiger partial charge on any atom is 0.324 e. The molecule has 0 aromatic heterocycles. The SMILES string of the molecule is CCOC(=O)C(Cl)CCCC=O. The molecule has 70 valence electrons. The maximum absolute atomic E-state index is 10.9. The Morgan fingerprint density at radius 3 is 2.83 bits per heavy atom. The van der Waals surface area contributed by atoms with Crippen molar-refractivity contribution in [2.24, 2.45) is 0 Å². The van der Waals surface area contributed by atoms with Crippen LogP contribution >= 0.6 is 11.6 Å². The Labute approximate surface area is 77.0 Å². The van der Waals surface area contributed by atoms with E-state index in [1.165, 1.54) is 0 Å². The quantitative estimate of drug-likeness (QED) is 0.277. The van der Waals surface area contributed by atoms with Crippen LogP contribution in [0, 0.1) is 0 Å². The molecule has 1 atom stereocenters. The predicted molar refractivity (Wildman–Crippen MR) is 46.2 cm³/mol. The summed E-state index contributed by atoms with van der Waals surface area (Å²) in [6, 6.07) is 0. The van der Waals surface area contributed by atoms with E-state index in [2.05, 4.69) is 4.74 Å². The third kappa shape index (κ3) is 5.13. The fourth-order valence-electron chi connectivity index (χ4n) is 0.731. The second kappa shape index (κ2) is 7.10. The second-order valence-electron chi connectivity index (χ2n) is 2.32. The molecule has 12 heavy (non-hydrogen) atoms. The first kappa shape index (κ1) is 11.4. The zero-order valence-electron chi connectivity index (χ0n) is 7.09. The molecule has 0 aliphatic carbocycles. The largest absolute Gasteiger partial charge is 0.465 e. The van der Waals surface area contributed by atoms with Crippen LogP contribution in [0.1, 0.15) is 26.2 Å².